The van der Waals surface area contributed by atoms with Gasteiger partial charge >= 0.3 is 11.7 Å². The molecule has 226 valence electrons. The summed E-state index contributed by atoms with van der Waals surface area (Å²) >= 11 is 0. The molecule has 2 aromatic carbocycles. The molecular weight excluding hydrogens is 594 g/mol. The highest BCUT2D eigenvalue weighted by molar-refractivity contribution is 5.96. The molecule has 0 unspecified atom stereocenters. The van der Waals surface area contributed by atoms with Crippen LogP contribution in [0.3, 0.4) is 0 Å². The predicted molar refractivity (Wildman–Crippen MR) is 159 cm³/mol. The van der Waals surface area contributed by atoms with Crippen molar-refractivity contribution >= 4 is 46.8 Å². The second-order valence-corrected chi connectivity index (χ2v) is 9.83. The summed E-state index contributed by atoms with van der Waals surface area (Å²) in [6.45, 7) is 2.38. The number of aromatic carboxylic acids is 1. The van der Waals surface area contributed by atoms with Gasteiger partial charge in [-0.3, -0.25) is 14.3 Å². The lowest BCUT2D eigenvalue weighted by Crippen LogP contribution is -2.28. The lowest BCUT2D eigenvalue weighted by atomic mass is 10.0. The van der Waals surface area contributed by atoms with Gasteiger partial charge in [0.15, 0.2) is 28.6 Å². The standard InChI is InChI=1S/C19H15N7O5.C9H10N2O.ClH/c20-14-7-15-21-12(6-13(18(28)29)26(15)24-14)17(27)22-11-4-2-8-5-9(1-3-10(8)11)16-23-19(30)31-25-16;1-6-11-8-4-7(5-10)2-3-9(8)12-6;/h1,3,5-7,11H,2,4H2,(H2,20,24)(H,22,27)(H,28,29)(H,23,25,30);2-4H,5,10H2,1H3;1H/t11-;;/m0../s1. The molecule has 7 N–H and O–H groups in total. The number of aryl methyl sites for hydroxylation is 2. The van der Waals surface area contributed by atoms with Gasteiger partial charge in [0.05, 0.1) is 6.04 Å². The molecule has 1 aliphatic carbocycles. The number of nitrogen functional groups attached to an aromatic ring is 1. The van der Waals surface area contributed by atoms with Gasteiger partial charge in [0.25, 0.3) is 5.91 Å². The summed E-state index contributed by atoms with van der Waals surface area (Å²) in [6.07, 6.45) is 1.37. The number of anilines is 1. The van der Waals surface area contributed by atoms with Crippen LogP contribution in [-0.4, -0.2) is 46.7 Å². The van der Waals surface area contributed by atoms with E-state index in [4.69, 9.17) is 15.9 Å². The number of H-pyrrole nitrogens is 1. The minimum Gasteiger partial charge on any atom is -0.477 e. The summed E-state index contributed by atoms with van der Waals surface area (Å²) in [4.78, 5) is 46.5. The number of oxazole rings is 1. The molecule has 0 aliphatic heterocycles. The van der Waals surface area contributed by atoms with Crippen molar-refractivity contribution in [2.24, 2.45) is 5.73 Å². The first-order valence-corrected chi connectivity index (χ1v) is 13.1. The van der Waals surface area contributed by atoms with E-state index in [9.17, 15) is 19.5 Å². The van der Waals surface area contributed by atoms with Crippen molar-refractivity contribution in [3.8, 4) is 11.4 Å². The Morgan fingerprint density at radius 2 is 1.98 bits per heavy atom. The fourth-order valence-corrected chi connectivity index (χ4v) is 4.98. The van der Waals surface area contributed by atoms with Gasteiger partial charge in [0, 0.05) is 31.2 Å². The minimum absolute atomic E-state index is 0. The molecule has 7 rings (SSSR count). The van der Waals surface area contributed by atoms with Crippen molar-refractivity contribution in [3.63, 3.8) is 0 Å². The number of amides is 1. The Kier molecular flexibility index (Phi) is 8.15. The van der Waals surface area contributed by atoms with E-state index in [-0.39, 0.29) is 41.3 Å². The van der Waals surface area contributed by atoms with E-state index >= 15 is 0 Å². The summed E-state index contributed by atoms with van der Waals surface area (Å²) in [5.74, 6) is -1.27. The maximum absolute atomic E-state index is 12.8. The molecule has 1 amide bonds. The summed E-state index contributed by atoms with van der Waals surface area (Å²) in [7, 11) is 0. The fourth-order valence-electron chi connectivity index (χ4n) is 4.98. The lowest BCUT2D eigenvalue weighted by molar-refractivity contribution is 0.0687. The highest BCUT2D eigenvalue weighted by Crippen LogP contribution is 2.33. The number of benzene rings is 2. The number of nitrogens with zero attached hydrogens (tertiary/aromatic N) is 5. The fraction of sp³-hybridized carbons (Fsp3) is 0.179. The van der Waals surface area contributed by atoms with Crippen LogP contribution in [0.5, 0.6) is 0 Å². The van der Waals surface area contributed by atoms with Crippen molar-refractivity contribution in [2.45, 2.75) is 32.4 Å². The topological polar surface area (TPSA) is 234 Å². The number of rotatable bonds is 5. The van der Waals surface area contributed by atoms with Crippen LogP contribution in [0.2, 0.25) is 0 Å². The molecule has 0 bridgehead atoms. The van der Waals surface area contributed by atoms with Crippen molar-refractivity contribution in [3.05, 3.63) is 93.1 Å². The summed E-state index contributed by atoms with van der Waals surface area (Å²) in [6, 6.07) is 13.6. The third-order valence-electron chi connectivity index (χ3n) is 6.93. The van der Waals surface area contributed by atoms with E-state index in [1.807, 2.05) is 37.3 Å². The highest BCUT2D eigenvalue weighted by atomic mass is 35.5. The lowest BCUT2D eigenvalue weighted by Gasteiger charge is -2.14. The minimum atomic E-state index is -1.26. The maximum atomic E-state index is 12.8. The first kappa shape index (κ1) is 29.9. The highest BCUT2D eigenvalue weighted by Gasteiger charge is 2.26. The third-order valence-corrected chi connectivity index (χ3v) is 6.93. The van der Waals surface area contributed by atoms with Crippen LogP contribution >= 0.6 is 12.4 Å². The number of carboxylic acids is 1. The molecule has 0 saturated carbocycles. The smallest absolute Gasteiger partial charge is 0.439 e. The normalized spacial score (nSPS) is 13.6. The molecule has 0 fully saturated rings. The number of aromatic nitrogens is 6. The molecule has 0 radical (unpaired) electrons. The first-order chi connectivity index (χ1) is 20.7. The van der Waals surface area contributed by atoms with Gasteiger partial charge < -0.3 is 26.3 Å². The first-order valence-electron chi connectivity index (χ1n) is 13.1. The second kappa shape index (κ2) is 12.0. The Morgan fingerprint density at radius 3 is 2.70 bits per heavy atom. The summed E-state index contributed by atoms with van der Waals surface area (Å²) < 4.78 is 10.9. The Labute approximate surface area is 253 Å². The molecule has 44 heavy (non-hydrogen) atoms. The van der Waals surface area contributed by atoms with Gasteiger partial charge in [-0.1, -0.05) is 23.4 Å². The molecule has 6 aromatic rings. The van der Waals surface area contributed by atoms with E-state index in [0.29, 0.717) is 36.7 Å². The largest absolute Gasteiger partial charge is 0.477 e. The quantitative estimate of drug-likeness (QED) is 0.187. The molecule has 15 nitrogen and oxygen atoms in total. The zero-order valence-corrected chi connectivity index (χ0v) is 23.9. The summed E-state index contributed by atoms with van der Waals surface area (Å²) in [5.41, 5.74) is 16.4. The third kappa shape index (κ3) is 5.86. The Morgan fingerprint density at radius 1 is 1.16 bits per heavy atom. The van der Waals surface area contributed by atoms with Crippen LogP contribution in [-0.2, 0) is 13.0 Å². The predicted octanol–water partition coefficient (Wildman–Crippen LogP) is 2.79. The van der Waals surface area contributed by atoms with Crippen LogP contribution in [0.4, 0.5) is 5.82 Å². The molecular formula is C28H26ClN9O6. The van der Waals surface area contributed by atoms with Gasteiger partial charge in [-0.2, -0.15) is 0 Å². The molecule has 0 spiro atoms. The van der Waals surface area contributed by atoms with Crippen molar-refractivity contribution in [1.82, 2.24) is 35.0 Å². The summed E-state index contributed by atoms with van der Waals surface area (Å²) in [5, 5.41) is 19.9. The molecule has 1 atom stereocenters. The zero-order valence-electron chi connectivity index (χ0n) is 23.1. The molecule has 4 aromatic heterocycles. The van der Waals surface area contributed by atoms with Gasteiger partial charge in [-0.05, 0) is 47.7 Å². The monoisotopic (exact) mass is 619 g/mol. The van der Waals surface area contributed by atoms with E-state index in [1.165, 1.54) is 6.07 Å². The van der Waals surface area contributed by atoms with Crippen LogP contribution in [0.25, 0.3) is 28.1 Å². The average Bonchev–Trinajstić information content (AvgIpc) is 3.77. The van der Waals surface area contributed by atoms with E-state index in [0.717, 1.165) is 38.4 Å². The van der Waals surface area contributed by atoms with Crippen LogP contribution in [0.15, 0.2) is 62.3 Å². The number of fused-ring (bicyclic) bond motifs is 3. The number of carbonyl (C=O) groups is 2. The SMILES string of the molecule is Cc1nc2cc(CN)ccc2o1.Cl.Nc1cc2nc(C(=O)N[C@H]3CCc4cc(-c5noc(=O)[nH]5)ccc43)cc(C(=O)O)n2n1. The molecule has 16 heteroatoms. The van der Waals surface area contributed by atoms with Crippen molar-refractivity contribution in [2.75, 3.05) is 5.73 Å². The van der Waals surface area contributed by atoms with Crippen molar-refractivity contribution in [1.29, 1.82) is 0 Å². The number of aromatic amines is 1. The molecule has 0 saturated heterocycles. The maximum Gasteiger partial charge on any atom is 0.439 e. The Bertz CT molecular complexity index is 2080. The van der Waals surface area contributed by atoms with E-state index in [2.05, 4.69) is 35.0 Å². The number of carboxylic acid groups (broad SMARTS) is 1. The number of nitrogens with two attached hydrogens (primary N) is 2. The van der Waals surface area contributed by atoms with E-state index < -0.39 is 17.6 Å². The Balaban J connectivity index is 0.000000248. The second-order valence-electron chi connectivity index (χ2n) is 9.83. The van der Waals surface area contributed by atoms with Gasteiger partial charge in [0.2, 0.25) is 0 Å². The average molecular weight is 620 g/mol. The van der Waals surface area contributed by atoms with Gasteiger partial charge in [-0.15, -0.1) is 17.5 Å². The number of nitrogens with one attached hydrogen (secondary N) is 2. The van der Waals surface area contributed by atoms with Crippen LogP contribution < -0.4 is 22.5 Å². The van der Waals surface area contributed by atoms with Gasteiger partial charge in [0.1, 0.15) is 17.0 Å². The number of hydrogen-bond acceptors (Lipinski definition) is 11. The number of carbonyl (C=O) groups excluding carboxylic acids is 1. The Hall–Kier alpha value is -5.54. The molecule has 4 heterocycles. The molecule has 1 aliphatic rings. The van der Waals surface area contributed by atoms with Crippen LogP contribution in [0.1, 0.15) is 56.0 Å². The van der Waals surface area contributed by atoms with E-state index in [1.54, 1.807) is 6.07 Å². The zero-order chi connectivity index (χ0) is 30.2. The van der Waals surface area contributed by atoms with Crippen LogP contribution in [0, 0.1) is 6.92 Å². The van der Waals surface area contributed by atoms with Crippen molar-refractivity contribution < 1.29 is 23.6 Å². The van der Waals surface area contributed by atoms with Gasteiger partial charge in [-0.25, -0.2) is 24.1 Å². The number of hydrogen-bond donors (Lipinski definition) is 5. The number of halogens is 1.